The molecule has 0 aromatic rings. The van der Waals surface area contributed by atoms with Gasteiger partial charge in [0, 0.05) is 12.1 Å². The number of hydrogen-bond donors (Lipinski definition) is 2. The summed E-state index contributed by atoms with van der Waals surface area (Å²) in [7, 11) is 0. The lowest BCUT2D eigenvalue weighted by atomic mass is 10.2. The van der Waals surface area contributed by atoms with Gasteiger partial charge in [-0.25, -0.2) is 4.79 Å². The summed E-state index contributed by atoms with van der Waals surface area (Å²) in [6.45, 7) is 4.29. The molecule has 2 atom stereocenters. The van der Waals surface area contributed by atoms with Crippen LogP contribution in [-0.4, -0.2) is 36.5 Å². The van der Waals surface area contributed by atoms with Crippen LogP contribution in [0.5, 0.6) is 0 Å². The number of carbonyl (C=O) groups excluding carboxylic acids is 1. The van der Waals surface area contributed by atoms with Crippen LogP contribution in [0.25, 0.3) is 0 Å². The van der Waals surface area contributed by atoms with Gasteiger partial charge < -0.3 is 15.4 Å². The van der Waals surface area contributed by atoms with Crippen LogP contribution in [-0.2, 0) is 4.74 Å². The van der Waals surface area contributed by atoms with E-state index >= 15 is 0 Å². The molecule has 1 rings (SSSR count). The zero-order valence-electron chi connectivity index (χ0n) is 11.4. The molecule has 1 fully saturated rings. The molecule has 2 N–H and O–H groups in total. The maximum absolute atomic E-state index is 12.0. The number of nitrogens with one attached hydrogen (secondary N) is 2. The van der Waals surface area contributed by atoms with Crippen LogP contribution in [0.4, 0.5) is 18.0 Å². The van der Waals surface area contributed by atoms with E-state index in [0.29, 0.717) is 19.3 Å². The Morgan fingerprint density at radius 1 is 1.21 bits per heavy atom. The standard InChI is InChI=1S/C12H21F3N2O2/c1-11(2,3)19-10(18)17-9-5-4-8(6-9)16-7-12(13,14)15/h8-9,16H,4-7H2,1-3H3,(H,17,18). The Kier molecular flexibility index (Phi) is 5.06. The van der Waals surface area contributed by atoms with Gasteiger partial charge in [-0.05, 0) is 40.0 Å². The minimum atomic E-state index is -4.20. The Morgan fingerprint density at radius 2 is 1.79 bits per heavy atom. The molecule has 1 aliphatic rings. The smallest absolute Gasteiger partial charge is 0.407 e. The van der Waals surface area contributed by atoms with E-state index in [2.05, 4.69) is 10.6 Å². The molecule has 1 saturated carbocycles. The van der Waals surface area contributed by atoms with Crippen LogP contribution in [0.2, 0.25) is 0 Å². The van der Waals surface area contributed by atoms with Crippen molar-refractivity contribution in [1.82, 2.24) is 10.6 Å². The summed E-state index contributed by atoms with van der Waals surface area (Å²) >= 11 is 0. The predicted octanol–water partition coefficient (Wildman–Crippen LogP) is 2.58. The summed E-state index contributed by atoms with van der Waals surface area (Å²) in [4.78, 5) is 11.5. The Bertz CT molecular complexity index is 313. The number of alkyl halides is 3. The van der Waals surface area contributed by atoms with Crippen LogP contribution in [0.3, 0.4) is 0 Å². The summed E-state index contributed by atoms with van der Waals surface area (Å²) in [5.74, 6) is 0. The molecule has 0 heterocycles. The highest BCUT2D eigenvalue weighted by Gasteiger charge is 2.32. The summed E-state index contributed by atoms with van der Waals surface area (Å²) in [5, 5.41) is 5.14. The zero-order chi connectivity index (χ0) is 14.7. The second-order valence-corrected chi connectivity index (χ2v) is 5.85. The summed E-state index contributed by atoms with van der Waals surface area (Å²) in [6.07, 6.45) is -2.94. The molecular weight excluding hydrogens is 261 g/mol. The summed E-state index contributed by atoms with van der Waals surface area (Å²) < 4.78 is 41.2. The first-order chi connectivity index (χ1) is 8.55. The van der Waals surface area contributed by atoms with Crippen LogP contribution < -0.4 is 10.6 Å². The Hall–Kier alpha value is -0.980. The third kappa shape index (κ3) is 7.25. The van der Waals surface area contributed by atoms with E-state index in [0.717, 1.165) is 0 Å². The van der Waals surface area contributed by atoms with Crippen LogP contribution in [0, 0.1) is 0 Å². The van der Waals surface area contributed by atoms with Crippen molar-refractivity contribution in [2.45, 2.75) is 63.9 Å². The molecule has 0 aromatic carbocycles. The van der Waals surface area contributed by atoms with Crippen molar-refractivity contribution in [2.75, 3.05) is 6.54 Å². The van der Waals surface area contributed by atoms with Gasteiger partial charge in [-0.3, -0.25) is 0 Å². The molecule has 4 nitrogen and oxygen atoms in total. The number of hydrogen-bond acceptors (Lipinski definition) is 3. The summed E-state index contributed by atoms with van der Waals surface area (Å²) in [6, 6.07) is -0.331. The van der Waals surface area contributed by atoms with Crippen LogP contribution >= 0.6 is 0 Å². The minimum absolute atomic E-state index is 0.124. The van der Waals surface area contributed by atoms with Gasteiger partial charge in [0.05, 0.1) is 6.54 Å². The Morgan fingerprint density at radius 3 is 2.32 bits per heavy atom. The molecule has 19 heavy (non-hydrogen) atoms. The average molecular weight is 282 g/mol. The molecule has 7 heteroatoms. The van der Waals surface area contributed by atoms with E-state index in [1.807, 2.05) is 0 Å². The number of halogens is 3. The normalized spacial score (nSPS) is 24.3. The highest BCUT2D eigenvalue weighted by atomic mass is 19.4. The molecule has 0 aromatic heterocycles. The van der Waals surface area contributed by atoms with Crippen molar-refractivity contribution in [1.29, 1.82) is 0 Å². The van der Waals surface area contributed by atoms with Gasteiger partial charge in [0.1, 0.15) is 5.60 Å². The van der Waals surface area contributed by atoms with Crippen molar-refractivity contribution in [3.63, 3.8) is 0 Å². The van der Waals surface area contributed by atoms with E-state index in [4.69, 9.17) is 4.74 Å². The van der Waals surface area contributed by atoms with Gasteiger partial charge in [0.2, 0.25) is 0 Å². The third-order valence-corrected chi connectivity index (χ3v) is 2.74. The number of carbonyl (C=O) groups is 1. The molecule has 2 unspecified atom stereocenters. The second kappa shape index (κ2) is 5.98. The van der Waals surface area contributed by atoms with Crippen molar-refractivity contribution in [3.8, 4) is 0 Å². The van der Waals surface area contributed by atoms with Gasteiger partial charge in [0.25, 0.3) is 0 Å². The van der Waals surface area contributed by atoms with Crippen molar-refractivity contribution < 1.29 is 22.7 Å². The first kappa shape index (κ1) is 16.1. The zero-order valence-corrected chi connectivity index (χ0v) is 11.4. The monoisotopic (exact) mass is 282 g/mol. The van der Waals surface area contributed by atoms with E-state index in [1.54, 1.807) is 20.8 Å². The quantitative estimate of drug-likeness (QED) is 0.836. The molecule has 0 radical (unpaired) electrons. The van der Waals surface area contributed by atoms with Gasteiger partial charge in [-0.1, -0.05) is 0 Å². The lowest BCUT2D eigenvalue weighted by Crippen LogP contribution is -2.40. The summed E-state index contributed by atoms with van der Waals surface area (Å²) in [5.41, 5.74) is -0.573. The molecular formula is C12H21F3N2O2. The van der Waals surface area contributed by atoms with Crippen LogP contribution in [0.1, 0.15) is 40.0 Å². The van der Waals surface area contributed by atoms with Gasteiger partial charge in [-0.15, -0.1) is 0 Å². The highest BCUT2D eigenvalue weighted by molar-refractivity contribution is 5.68. The average Bonchev–Trinajstić information content (AvgIpc) is 2.58. The third-order valence-electron chi connectivity index (χ3n) is 2.74. The Balaban J connectivity index is 2.27. The van der Waals surface area contributed by atoms with E-state index in [1.165, 1.54) is 0 Å². The molecule has 0 aliphatic heterocycles. The van der Waals surface area contributed by atoms with Crippen LogP contribution in [0.15, 0.2) is 0 Å². The van der Waals surface area contributed by atoms with Gasteiger partial charge >= 0.3 is 12.3 Å². The largest absolute Gasteiger partial charge is 0.444 e. The lowest BCUT2D eigenvalue weighted by Gasteiger charge is -2.22. The fourth-order valence-corrected chi connectivity index (χ4v) is 2.03. The maximum Gasteiger partial charge on any atom is 0.407 e. The first-order valence-corrected chi connectivity index (χ1v) is 6.35. The molecule has 112 valence electrons. The highest BCUT2D eigenvalue weighted by Crippen LogP contribution is 2.21. The van der Waals surface area contributed by atoms with Crippen molar-refractivity contribution >= 4 is 6.09 Å². The van der Waals surface area contributed by atoms with E-state index < -0.39 is 24.4 Å². The van der Waals surface area contributed by atoms with Gasteiger partial charge in [-0.2, -0.15) is 13.2 Å². The number of alkyl carbamates (subject to hydrolysis) is 1. The molecule has 0 bridgehead atoms. The number of amides is 1. The Labute approximate surface area is 111 Å². The number of ether oxygens (including phenoxy) is 1. The second-order valence-electron chi connectivity index (χ2n) is 5.85. The molecule has 0 saturated heterocycles. The first-order valence-electron chi connectivity index (χ1n) is 6.35. The minimum Gasteiger partial charge on any atom is -0.444 e. The predicted molar refractivity (Wildman–Crippen MR) is 64.9 cm³/mol. The number of rotatable bonds is 3. The van der Waals surface area contributed by atoms with Gasteiger partial charge in [0.15, 0.2) is 0 Å². The topological polar surface area (TPSA) is 50.4 Å². The molecule has 1 amide bonds. The fourth-order valence-electron chi connectivity index (χ4n) is 2.03. The SMILES string of the molecule is CC(C)(C)OC(=O)NC1CCC(NCC(F)(F)F)C1. The van der Waals surface area contributed by atoms with E-state index in [9.17, 15) is 18.0 Å². The fraction of sp³-hybridized carbons (Fsp3) is 0.917. The van der Waals surface area contributed by atoms with Crippen molar-refractivity contribution in [2.24, 2.45) is 0 Å². The lowest BCUT2D eigenvalue weighted by molar-refractivity contribution is -0.126. The molecule has 0 spiro atoms. The maximum atomic E-state index is 12.0. The van der Waals surface area contributed by atoms with E-state index in [-0.39, 0.29) is 12.1 Å². The molecule has 1 aliphatic carbocycles. The van der Waals surface area contributed by atoms with Crippen molar-refractivity contribution in [3.05, 3.63) is 0 Å².